The van der Waals surface area contributed by atoms with Gasteiger partial charge in [0.05, 0.1) is 13.2 Å². The lowest BCUT2D eigenvalue weighted by atomic mass is 10.2. The lowest BCUT2D eigenvalue weighted by molar-refractivity contribution is -0.148. The molecule has 0 spiro atoms. The van der Waals surface area contributed by atoms with Crippen molar-refractivity contribution >= 4 is 23.2 Å². The number of ether oxygens (including phenoxy) is 1. The number of carbonyl (C=O) groups is 2. The van der Waals surface area contributed by atoms with E-state index in [-0.39, 0.29) is 6.61 Å². The molecule has 0 fully saturated rings. The highest BCUT2D eigenvalue weighted by atomic mass is 32.1. The first-order chi connectivity index (χ1) is 8.06. The number of rotatable bonds is 5. The second-order valence-corrected chi connectivity index (χ2v) is 4.47. The lowest BCUT2D eigenvalue weighted by Crippen LogP contribution is -2.46. The van der Waals surface area contributed by atoms with Gasteiger partial charge >= 0.3 is 5.97 Å². The molecule has 0 bridgehead atoms. The zero-order valence-electron chi connectivity index (χ0n) is 9.86. The van der Waals surface area contributed by atoms with Gasteiger partial charge in [-0.2, -0.15) is 0 Å². The SMILES string of the molecule is CCOC(=O)C(N)C(=O)NCc1sccc1C. The number of hydrogen-bond acceptors (Lipinski definition) is 5. The van der Waals surface area contributed by atoms with Crippen molar-refractivity contribution in [2.24, 2.45) is 5.73 Å². The number of thiophene rings is 1. The zero-order valence-corrected chi connectivity index (χ0v) is 10.7. The van der Waals surface area contributed by atoms with Gasteiger partial charge in [-0.1, -0.05) is 0 Å². The molecule has 3 N–H and O–H groups in total. The largest absolute Gasteiger partial charge is 0.464 e. The van der Waals surface area contributed by atoms with E-state index in [1.165, 1.54) is 0 Å². The number of hydrogen-bond donors (Lipinski definition) is 2. The summed E-state index contributed by atoms with van der Waals surface area (Å²) in [6, 6.07) is 0.715. The number of aryl methyl sites for hydroxylation is 1. The minimum Gasteiger partial charge on any atom is -0.464 e. The van der Waals surface area contributed by atoms with Crippen LogP contribution in [-0.4, -0.2) is 24.5 Å². The first-order valence-electron chi connectivity index (χ1n) is 5.29. The van der Waals surface area contributed by atoms with Crippen molar-refractivity contribution in [3.05, 3.63) is 21.9 Å². The third-order valence-corrected chi connectivity index (χ3v) is 3.24. The summed E-state index contributed by atoms with van der Waals surface area (Å²) in [5, 5.41) is 4.56. The zero-order chi connectivity index (χ0) is 12.8. The topological polar surface area (TPSA) is 81.4 Å². The van der Waals surface area contributed by atoms with E-state index in [1.807, 2.05) is 18.4 Å². The standard InChI is InChI=1S/C11H16N2O3S/c1-3-16-11(15)9(12)10(14)13-6-8-7(2)4-5-17-8/h4-5,9H,3,6,12H2,1-2H3,(H,13,14). The summed E-state index contributed by atoms with van der Waals surface area (Å²) in [5.74, 6) is -1.22. The molecule has 1 atom stereocenters. The summed E-state index contributed by atoms with van der Waals surface area (Å²) < 4.78 is 4.66. The van der Waals surface area contributed by atoms with Crippen molar-refractivity contribution in [1.82, 2.24) is 5.32 Å². The van der Waals surface area contributed by atoms with Crippen LogP contribution >= 0.6 is 11.3 Å². The smallest absolute Gasteiger partial charge is 0.332 e. The Morgan fingerprint density at radius 1 is 1.59 bits per heavy atom. The Labute approximate surface area is 104 Å². The molecule has 0 aliphatic carbocycles. The lowest BCUT2D eigenvalue weighted by Gasteiger charge is -2.10. The van der Waals surface area contributed by atoms with Gasteiger partial charge in [-0.3, -0.25) is 4.79 Å². The van der Waals surface area contributed by atoms with Gasteiger partial charge in [0.25, 0.3) is 0 Å². The summed E-state index contributed by atoms with van der Waals surface area (Å²) in [4.78, 5) is 23.8. The van der Waals surface area contributed by atoms with E-state index in [1.54, 1.807) is 18.3 Å². The average Bonchev–Trinajstić information content (AvgIpc) is 2.71. The second-order valence-electron chi connectivity index (χ2n) is 3.47. The summed E-state index contributed by atoms with van der Waals surface area (Å²) >= 11 is 1.55. The molecule has 5 nitrogen and oxygen atoms in total. The Bertz CT molecular complexity index is 403. The van der Waals surface area contributed by atoms with Crippen LogP contribution in [0, 0.1) is 6.92 Å². The molecule has 0 aliphatic rings. The van der Waals surface area contributed by atoms with Gasteiger partial charge in [-0.15, -0.1) is 11.3 Å². The van der Waals surface area contributed by atoms with Gasteiger partial charge < -0.3 is 15.8 Å². The highest BCUT2D eigenvalue weighted by Gasteiger charge is 2.23. The number of esters is 1. The molecule has 0 radical (unpaired) electrons. The van der Waals surface area contributed by atoms with E-state index in [0.717, 1.165) is 10.4 Å². The highest BCUT2D eigenvalue weighted by Crippen LogP contribution is 2.14. The van der Waals surface area contributed by atoms with Gasteiger partial charge in [-0.25, -0.2) is 4.79 Å². The van der Waals surface area contributed by atoms with Crippen LogP contribution in [0.3, 0.4) is 0 Å². The predicted molar refractivity (Wildman–Crippen MR) is 65.5 cm³/mol. The van der Waals surface area contributed by atoms with E-state index in [9.17, 15) is 9.59 Å². The third-order valence-electron chi connectivity index (χ3n) is 2.21. The molecule has 17 heavy (non-hydrogen) atoms. The van der Waals surface area contributed by atoms with Crippen LogP contribution in [0.5, 0.6) is 0 Å². The first-order valence-corrected chi connectivity index (χ1v) is 6.17. The van der Waals surface area contributed by atoms with Crippen LogP contribution in [0.1, 0.15) is 17.4 Å². The molecule has 0 saturated carbocycles. The summed E-state index contributed by atoms with van der Waals surface area (Å²) in [5.41, 5.74) is 6.55. The van der Waals surface area contributed by atoms with E-state index in [2.05, 4.69) is 10.1 Å². The fourth-order valence-corrected chi connectivity index (χ4v) is 2.05. The van der Waals surface area contributed by atoms with E-state index < -0.39 is 17.9 Å². The predicted octanol–water partition coefficient (Wildman–Crippen LogP) is 0.563. The summed E-state index contributed by atoms with van der Waals surface area (Å²) in [6.45, 7) is 4.22. The molecule has 6 heteroatoms. The minimum atomic E-state index is -1.25. The Kier molecular flexibility index (Phi) is 5.11. The van der Waals surface area contributed by atoms with Crippen LogP contribution in [0.4, 0.5) is 0 Å². The fraction of sp³-hybridized carbons (Fsp3) is 0.455. The molecular weight excluding hydrogens is 240 g/mol. The van der Waals surface area contributed by atoms with Gasteiger partial charge in [0.2, 0.25) is 5.91 Å². The fourth-order valence-electron chi connectivity index (χ4n) is 1.20. The quantitative estimate of drug-likeness (QED) is 0.596. The van der Waals surface area contributed by atoms with Gasteiger partial charge in [0.1, 0.15) is 0 Å². The highest BCUT2D eigenvalue weighted by molar-refractivity contribution is 7.10. The molecule has 1 rings (SSSR count). The van der Waals surface area contributed by atoms with Crippen molar-refractivity contribution in [3.8, 4) is 0 Å². The number of nitrogens with one attached hydrogen (secondary N) is 1. The van der Waals surface area contributed by atoms with Gasteiger partial charge in [-0.05, 0) is 30.9 Å². The van der Waals surface area contributed by atoms with Crippen molar-refractivity contribution < 1.29 is 14.3 Å². The molecule has 1 heterocycles. The molecule has 94 valence electrons. The van der Waals surface area contributed by atoms with Crippen LogP contribution in [0.25, 0.3) is 0 Å². The number of nitrogens with two attached hydrogens (primary N) is 1. The monoisotopic (exact) mass is 256 g/mol. The Morgan fingerprint density at radius 3 is 2.82 bits per heavy atom. The van der Waals surface area contributed by atoms with E-state index in [4.69, 9.17) is 5.73 Å². The molecule has 0 saturated heterocycles. The molecule has 1 aromatic rings. The molecule has 0 aromatic carbocycles. The molecule has 1 unspecified atom stereocenters. The number of carbonyl (C=O) groups excluding carboxylic acids is 2. The second kappa shape index (κ2) is 6.36. The van der Waals surface area contributed by atoms with Gasteiger partial charge in [0.15, 0.2) is 6.04 Å². The summed E-state index contributed by atoms with van der Waals surface area (Å²) in [6.07, 6.45) is 0. The number of amides is 1. The minimum absolute atomic E-state index is 0.212. The van der Waals surface area contributed by atoms with Gasteiger partial charge in [0, 0.05) is 4.88 Å². The molecule has 1 aromatic heterocycles. The maximum absolute atomic E-state index is 11.5. The van der Waals surface area contributed by atoms with Crippen molar-refractivity contribution in [1.29, 1.82) is 0 Å². The average molecular weight is 256 g/mol. The third kappa shape index (κ3) is 3.83. The van der Waals surface area contributed by atoms with Crippen molar-refractivity contribution in [2.45, 2.75) is 26.4 Å². The van der Waals surface area contributed by atoms with Crippen LogP contribution in [-0.2, 0) is 20.9 Å². The molecular formula is C11H16N2O3S. The molecule has 0 aliphatic heterocycles. The summed E-state index contributed by atoms with van der Waals surface area (Å²) in [7, 11) is 0. The maximum atomic E-state index is 11.5. The maximum Gasteiger partial charge on any atom is 0.332 e. The Morgan fingerprint density at radius 2 is 2.29 bits per heavy atom. The van der Waals surface area contributed by atoms with Crippen molar-refractivity contribution in [3.63, 3.8) is 0 Å². The first kappa shape index (κ1) is 13.7. The van der Waals surface area contributed by atoms with Crippen LogP contribution in [0.2, 0.25) is 0 Å². The molecule has 1 amide bonds. The Hall–Kier alpha value is -1.40. The van der Waals surface area contributed by atoms with Crippen LogP contribution < -0.4 is 11.1 Å². The van der Waals surface area contributed by atoms with E-state index in [0.29, 0.717) is 6.54 Å². The van der Waals surface area contributed by atoms with Crippen molar-refractivity contribution in [2.75, 3.05) is 6.61 Å². The normalized spacial score (nSPS) is 11.9. The Balaban J connectivity index is 2.44. The van der Waals surface area contributed by atoms with E-state index >= 15 is 0 Å². The van der Waals surface area contributed by atoms with Crippen LogP contribution in [0.15, 0.2) is 11.4 Å².